The molecule has 0 saturated carbocycles. The number of nitrogens with one attached hydrogen (secondary N) is 2. The maximum absolute atomic E-state index is 11.3. The van der Waals surface area contributed by atoms with Crippen molar-refractivity contribution >= 4 is 28.6 Å². The summed E-state index contributed by atoms with van der Waals surface area (Å²) in [6, 6.07) is 7.12. The summed E-state index contributed by atoms with van der Waals surface area (Å²) in [5, 5.41) is 14.1. The highest BCUT2D eigenvalue weighted by molar-refractivity contribution is 7.99. The van der Waals surface area contributed by atoms with Crippen molar-refractivity contribution in [2.75, 3.05) is 19.4 Å². The number of benzene rings is 1. The minimum Gasteiger partial charge on any atom is -0.490 e. The van der Waals surface area contributed by atoms with Gasteiger partial charge >= 0.3 is 0 Å². The van der Waals surface area contributed by atoms with Crippen LogP contribution >= 0.6 is 11.8 Å². The zero-order chi connectivity index (χ0) is 17.0. The first-order chi connectivity index (χ1) is 10.8. The van der Waals surface area contributed by atoms with E-state index in [0.29, 0.717) is 18.0 Å². The number of amides is 1. The second-order valence-corrected chi connectivity index (χ2v) is 7.25. The number of thioether (sulfide) groups is 1. The lowest BCUT2D eigenvalue weighted by Gasteiger charge is -2.25. The van der Waals surface area contributed by atoms with Gasteiger partial charge in [-0.3, -0.25) is 4.79 Å². The number of nitrogens with two attached hydrogens (primary N) is 1. The molecule has 5 N–H and O–H groups in total. The number of fused-ring (bicyclic) bond motifs is 1. The summed E-state index contributed by atoms with van der Waals surface area (Å²) in [6.45, 7) is 4.70. The van der Waals surface area contributed by atoms with Gasteiger partial charge in [0.2, 0.25) is 0 Å². The van der Waals surface area contributed by atoms with Gasteiger partial charge in [0.15, 0.2) is 0 Å². The second-order valence-electron chi connectivity index (χ2n) is 5.82. The molecule has 1 atom stereocenters. The van der Waals surface area contributed by atoms with E-state index in [0.717, 1.165) is 10.9 Å². The number of aromatic nitrogens is 1. The molecular weight excluding hydrogens is 314 g/mol. The highest BCUT2D eigenvalue weighted by Gasteiger charge is 2.17. The molecule has 1 unspecified atom stereocenters. The number of carbonyl (C=O) groups excluding carboxylic acids is 1. The van der Waals surface area contributed by atoms with Gasteiger partial charge in [0.25, 0.3) is 5.91 Å². The Balaban J connectivity index is 2.00. The van der Waals surface area contributed by atoms with E-state index in [1.165, 1.54) is 0 Å². The summed E-state index contributed by atoms with van der Waals surface area (Å²) in [4.78, 5) is 14.1. The van der Waals surface area contributed by atoms with Crippen LogP contribution in [0.25, 0.3) is 10.9 Å². The van der Waals surface area contributed by atoms with Crippen molar-refractivity contribution in [2.45, 2.75) is 24.8 Å². The van der Waals surface area contributed by atoms with Gasteiger partial charge in [-0.05, 0) is 38.3 Å². The average Bonchev–Trinajstić information content (AvgIpc) is 2.96. The Hall–Kier alpha value is -1.70. The molecule has 1 heterocycles. The van der Waals surface area contributed by atoms with E-state index in [1.54, 1.807) is 23.9 Å². The van der Waals surface area contributed by atoms with Crippen LogP contribution in [0.15, 0.2) is 24.3 Å². The molecule has 0 aliphatic rings. The van der Waals surface area contributed by atoms with Crippen LogP contribution in [0.3, 0.4) is 0 Å². The van der Waals surface area contributed by atoms with Crippen molar-refractivity contribution in [1.82, 2.24) is 10.3 Å². The number of aliphatic hydroxyl groups is 1. The molecule has 0 bridgehead atoms. The summed E-state index contributed by atoms with van der Waals surface area (Å²) in [5.41, 5.74) is 6.39. The monoisotopic (exact) mass is 337 g/mol. The standard InChI is InChI=1S/C16H23N3O3S/c1-16(2,23-3)18-8-10(20)9-22-14-6-4-5-12-11(14)7-13(19-12)15(17)21/h4-7,10,18-20H,8-9H2,1-3H3,(H2,17,21). The predicted octanol–water partition coefficient (Wildman–Crippen LogP) is 1.70. The fourth-order valence-corrected chi connectivity index (χ4v) is 2.29. The lowest BCUT2D eigenvalue weighted by molar-refractivity contribution is 0.0996. The molecule has 0 spiro atoms. The molecule has 1 aromatic heterocycles. The first-order valence-electron chi connectivity index (χ1n) is 7.35. The van der Waals surface area contributed by atoms with Crippen LogP contribution in [0.5, 0.6) is 5.75 Å². The Morgan fingerprint density at radius 3 is 2.91 bits per heavy atom. The van der Waals surface area contributed by atoms with Crippen molar-refractivity contribution in [1.29, 1.82) is 0 Å². The molecule has 126 valence electrons. The minimum atomic E-state index is -0.633. The van der Waals surface area contributed by atoms with Gasteiger partial charge in [0.05, 0.1) is 4.87 Å². The lowest BCUT2D eigenvalue weighted by Crippen LogP contribution is -2.42. The summed E-state index contributed by atoms with van der Waals surface area (Å²) < 4.78 is 5.70. The average molecular weight is 337 g/mol. The number of aliphatic hydroxyl groups excluding tert-OH is 1. The number of primary amides is 1. The van der Waals surface area contributed by atoms with Crippen molar-refractivity contribution < 1.29 is 14.6 Å². The maximum atomic E-state index is 11.3. The number of rotatable bonds is 8. The van der Waals surface area contributed by atoms with Gasteiger partial charge in [-0.15, -0.1) is 11.8 Å². The Bertz CT molecular complexity index is 684. The van der Waals surface area contributed by atoms with Crippen molar-refractivity contribution in [3.8, 4) is 5.75 Å². The number of carbonyl (C=O) groups is 1. The van der Waals surface area contributed by atoms with E-state index in [-0.39, 0.29) is 11.5 Å². The molecule has 1 amide bonds. The third kappa shape index (κ3) is 4.63. The first kappa shape index (κ1) is 17.7. The number of hydrogen-bond acceptors (Lipinski definition) is 5. The highest BCUT2D eigenvalue weighted by atomic mass is 32.2. The molecular formula is C16H23N3O3S. The van der Waals surface area contributed by atoms with Gasteiger partial charge in [-0.1, -0.05) is 6.07 Å². The SMILES string of the molecule is CSC(C)(C)NCC(O)COc1cccc2[nH]c(C(N)=O)cc12. The largest absolute Gasteiger partial charge is 0.490 e. The summed E-state index contributed by atoms with van der Waals surface area (Å²) in [6.07, 6.45) is 1.38. The fraction of sp³-hybridized carbons (Fsp3) is 0.438. The Kier molecular flexibility index (Phi) is 5.56. The maximum Gasteiger partial charge on any atom is 0.265 e. The molecule has 23 heavy (non-hydrogen) atoms. The third-order valence-corrected chi connectivity index (χ3v) is 4.76. The van der Waals surface area contributed by atoms with Gasteiger partial charge in [-0.2, -0.15) is 0 Å². The van der Waals surface area contributed by atoms with Crippen LogP contribution in [0.4, 0.5) is 0 Å². The normalized spacial score (nSPS) is 13.2. The molecule has 0 aliphatic heterocycles. The molecule has 7 heteroatoms. The zero-order valence-electron chi connectivity index (χ0n) is 13.6. The van der Waals surface area contributed by atoms with Crippen LogP contribution in [0.2, 0.25) is 0 Å². The number of ether oxygens (including phenoxy) is 1. The van der Waals surface area contributed by atoms with E-state index >= 15 is 0 Å². The molecule has 0 radical (unpaired) electrons. The smallest absolute Gasteiger partial charge is 0.265 e. The summed E-state index contributed by atoms with van der Waals surface area (Å²) >= 11 is 1.68. The number of aromatic amines is 1. The zero-order valence-corrected chi connectivity index (χ0v) is 14.4. The fourth-order valence-electron chi connectivity index (χ4n) is 2.07. The lowest BCUT2D eigenvalue weighted by atomic mass is 10.2. The second kappa shape index (κ2) is 7.25. The molecule has 0 aliphatic carbocycles. The van der Waals surface area contributed by atoms with Gasteiger partial charge in [0, 0.05) is 17.4 Å². The summed E-state index contributed by atoms with van der Waals surface area (Å²) in [5.74, 6) is 0.0881. The van der Waals surface area contributed by atoms with Crippen LogP contribution in [-0.2, 0) is 0 Å². The highest BCUT2D eigenvalue weighted by Crippen LogP contribution is 2.26. The molecule has 0 fully saturated rings. The number of hydrogen-bond donors (Lipinski definition) is 4. The van der Waals surface area contributed by atoms with E-state index in [2.05, 4.69) is 24.1 Å². The van der Waals surface area contributed by atoms with E-state index < -0.39 is 12.0 Å². The van der Waals surface area contributed by atoms with Crippen molar-refractivity contribution in [3.05, 3.63) is 30.0 Å². The molecule has 2 rings (SSSR count). The van der Waals surface area contributed by atoms with Gasteiger partial charge in [0.1, 0.15) is 24.2 Å². The molecule has 1 aromatic carbocycles. The summed E-state index contributed by atoms with van der Waals surface area (Å²) in [7, 11) is 0. The van der Waals surface area contributed by atoms with E-state index in [1.807, 2.05) is 18.4 Å². The first-order valence-corrected chi connectivity index (χ1v) is 8.57. The van der Waals surface area contributed by atoms with Crippen LogP contribution in [0.1, 0.15) is 24.3 Å². The van der Waals surface area contributed by atoms with Crippen LogP contribution in [-0.4, -0.2) is 46.4 Å². The molecule has 0 saturated heterocycles. The van der Waals surface area contributed by atoms with Crippen molar-refractivity contribution in [3.63, 3.8) is 0 Å². The number of H-pyrrole nitrogens is 1. The minimum absolute atomic E-state index is 0.0992. The van der Waals surface area contributed by atoms with Crippen LogP contribution in [0, 0.1) is 0 Å². The topological polar surface area (TPSA) is 100 Å². The quantitative estimate of drug-likeness (QED) is 0.549. The molecule has 2 aromatic rings. The Labute approximate surface area is 139 Å². The predicted molar refractivity (Wildman–Crippen MR) is 93.9 cm³/mol. The van der Waals surface area contributed by atoms with E-state index in [4.69, 9.17) is 10.5 Å². The van der Waals surface area contributed by atoms with Gasteiger partial charge in [-0.25, -0.2) is 0 Å². The van der Waals surface area contributed by atoms with Crippen LogP contribution < -0.4 is 15.8 Å². The molecule has 6 nitrogen and oxygen atoms in total. The van der Waals surface area contributed by atoms with E-state index in [9.17, 15) is 9.90 Å². The van der Waals surface area contributed by atoms with Crippen molar-refractivity contribution in [2.24, 2.45) is 5.73 Å². The van der Waals surface area contributed by atoms with Gasteiger partial charge < -0.3 is 25.9 Å². The third-order valence-electron chi connectivity index (χ3n) is 3.59. The Morgan fingerprint density at radius 2 is 2.26 bits per heavy atom. The Morgan fingerprint density at radius 1 is 1.52 bits per heavy atom.